The van der Waals surface area contributed by atoms with Crippen LogP contribution in [0.4, 0.5) is 0 Å². The molecule has 1 aromatic carbocycles. The summed E-state index contributed by atoms with van der Waals surface area (Å²) in [5.74, 6) is 0. The van der Waals surface area contributed by atoms with Crippen molar-refractivity contribution in [3.05, 3.63) is 50.5 Å². The minimum Gasteiger partial charge on any atom is -0.291 e. The third-order valence-electron chi connectivity index (χ3n) is 3.46. The number of nitrogens with one attached hydrogen (secondary N) is 1. The summed E-state index contributed by atoms with van der Waals surface area (Å²) >= 11 is 20.8. The molecule has 2 aromatic rings. The molecule has 1 atom stereocenters. The molecule has 0 aliphatic rings. The van der Waals surface area contributed by atoms with E-state index in [1.54, 1.807) is 12.3 Å². The second-order valence-electron chi connectivity index (χ2n) is 5.16. The number of nitrogens with zero attached hydrogens (tertiary/aromatic N) is 2. The van der Waals surface area contributed by atoms with Crippen LogP contribution in [0.5, 0.6) is 0 Å². The number of hydrogen-bond donors (Lipinski definition) is 1. The lowest BCUT2D eigenvalue weighted by molar-refractivity contribution is 0.494. The van der Waals surface area contributed by atoms with Gasteiger partial charge in [0.25, 0.3) is 0 Å². The predicted molar refractivity (Wildman–Crippen MR) is 108 cm³/mol. The Labute approximate surface area is 165 Å². The molecular weight excluding hydrogens is 429 g/mol. The summed E-state index contributed by atoms with van der Waals surface area (Å²) in [7, 11) is 0. The Balaban J connectivity index is 2.34. The number of benzene rings is 1. The van der Waals surface area contributed by atoms with E-state index in [9.17, 15) is 0 Å². The molecule has 1 unspecified atom stereocenters. The van der Waals surface area contributed by atoms with Gasteiger partial charge in [-0.15, -0.1) is 0 Å². The molecule has 0 radical (unpaired) electrons. The Hall–Kier alpha value is -0.810. The fourth-order valence-electron chi connectivity index (χ4n) is 2.32. The van der Waals surface area contributed by atoms with Crippen LogP contribution in [-0.4, -0.2) is 16.3 Å². The lowest BCUT2D eigenvalue weighted by atomic mass is 10.0. The molecule has 7 heteroatoms. The average molecular weight is 445 g/mol. The van der Waals surface area contributed by atoms with Crippen molar-refractivity contribution in [2.45, 2.75) is 32.5 Å². The van der Waals surface area contributed by atoms with Crippen molar-refractivity contribution in [3.63, 3.8) is 0 Å². The summed E-state index contributed by atoms with van der Waals surface area (Å²) < 4.78 is 0.905. The van der Waals surface area contributed by atoms with Crippen LogP contribution < -0.4 is 5.32 Å². The van der Waals surface area contributed by atoms with Crippen molar-refractivity contribution in [1.29, 1.82) is 0 Å². The molecule has 0 saturated carbocycles. The van der Waals surface area contributed by atoms with Crippen molar-refractivity contribution >= 4 is 56.5 Å². The van der Waals surface area contributed by atoms with Gasteiger partial charge >= 0.3 is 0 Å². The molecule has 0 aliphatic carbocycles. The fraction of sp³-hybridized carbons (Fsp3) is 0.294. The highest BCUT2D eigenvalue weighted by atomic mass is 79.9. The van der Waals surface area contributed by atoms with Gasteiger partial charge in [-0.3, -0.25) is 10.3 Å². The van der Waals surface area contributed by atoms with E-state index in [0.717, 1.165) is 34.1 Å². The Morgan fingerprint density at radius 3 is 2.75 bits per heavy atom. The summed E-state index contributed by atoms with van der Waals surface area (Å²) in [5, 5.41) is 6.81. The van der Waals surface area contributed by atoms with Crippen LogP contribution in [0.25, 0.3) is 11.3 Å². The highest BCUT2D eigenvalue weighted by Gasteiger charge is 2.15. The maximum Gasteiger partial charge on any atom is 0.110 e. The first-order valence-electron chi connectivity index (χ1n) is 7.46. The number of thiocarbonyl (C=S) groups is 1. The van der Waals surface area contributed by atoms with E-state index in [1.807, 2.05) is 18.2 Å². The van der Waals surface area contributed by atoms with Gasteiger partial charge in [-0.1, -0.05) is 42.6 Å². The lowest BCUT2D eigenvalue weighted by Crippen LogP contribution is -2.26. The molecule has 3 nitrogen and oxygen atoms in total. The van der Waals surface area contributed by atoms with Crippen LogP contribution >= 0.6 is 51.3 Å². The second kappa shape index (κ2) is 9.62. The summed E-state index contributed by atoms with van der Waals surface area (Å²) in [6.45, 7) is 2.68. The van der Waals surface area contributed by atoms with Crippen LogP contribution in [0, 0.1) is 0 Å². The number of rotatable bonds is 7. The zero-order valence-electron chi connectivity index (χ0n) is 13.0. The topological polar surface area (TPSA) is 37.3 Å². The van der Waals surface area contributed by atoms with Crippen molar-refractivity contribution in [1.82, 2.24) is 10.3 Å². The third kappa shape index (κ3) is 5.09. The van der Waals surface area contributed by atoms with Gasteiger partial charge in [0.2, 0.25) is 0 Å². The minimum atomic E-state index is -0.0623. The summed E-state index contributed by atoms with van der Waals surface area (Å²) in [4.78, 5) is 8.60. The first-order chi connectivity index (χ1) is 11.6. The van der Waals surface area contributed by atoms with Gasteiger partial charge in [0.1, 0.15) is 6.17 Å². The normalized spacial score (nSPS) is 11.8. The monoisotopic (exact) mass is 443 g/mol. The van der Waals surface area contributed by atoms with E-state index in [1.165, 1.54) is 0 Å². The molecule has 24 heavy (non-hydrogen) atoms. The van der Waals surface area contributed by atoms with Crippen LogP contribution in [0.3, 0.4) is 0 Å². The standard InChI is InChI=1S/C17H16BrCl2N3S/c1-2-3-15(23-10-24)22-8-11-4-6-13(19)17(20)16(11)14-7-5-12(18)9-21-14/h4-7,9,15,22H,2-3,8H2,1H3. The van der Waals surface area contributed by atoms with Gasteiger partial charge in [0.05, 0.1) is 20.9 Å². The van der Waals surface area contributed by atoms with Crippen LogP contribution in [0.15, 0.2) is 39.9 Å². The number of pyridine rings is 1. The minimum absolute atomic E-state index is 0.0623. The predicted octanol–water partition coefficient (Wildman–Crippen LogP) is 6.14. The lowest BCUT2D eigenvalue weighted by Gasteiger charge is -2.16. The molecule has 0 amide bonds. The van der Waals surface area contributed by atoms with Crippen LogP contribution in [0.1, 0.15) is 25.3 Å². The molecule has 2 rings (SSSR count). The molecule has 1 heterocycles. The zero-order valence-corrected chi connectivity index (χ0v) is 16.9. The molecule has 126 valence electrons. The Kier molecular flexibility index (Phi) is 7.82. The third-order valence-corrected chi connectivity index (χ3v) is 4.84. The summed E-state index contributed by atoms with van der Waals surface area (Å²) in [6.07, 6.45) is 3.56. The van der Waals surface area contributed by atoms with Crippen LogP contribution in [0.2, 0.25) is 10.0 Å². The van der Waals surface area contributed by atoms with Gasteiger partial charge in [-0.05, 0) is 58.3 Å². The molecule has 1 aromatic heterocycles. The molecule has 0 fully saturated rings. The van der Waals surface area contributed by atoms with Crippen LogP contribution in [-0.2, 0) is 6.54 Å². The van der Waals surface area contributed by atoms with Gasteiger partial charge in [-0.25, -0.2) is 4.99 Å². The zero-order chi connectivity index (χ0) is 17.5. The highest BCUT2D eigenvalue weighted by molar-refractivity contribution is 9.10. The van der Waals surface area contributed by atoms with Crippen molar-refractivity contribution in [2.75, 3.05) is 0 Å². The number of aromatic nitrogens is 1. The maximum atomic E-state index is 6.45. The number of aliphatic imine (C=N–C) groups is 1. The second-order valence-corrected chi connectivity index (χ2v) is 7.05. The molecule has 1 N–H and O–H groups in total. The molecule has 0 aliphatic heterocycles. The van der Waals surface area contributed by atoms with Gasteiger partial charge < -0.3 is 0 Å². The first-order valence-corrected chi connectivity index (χ1v) is 9.41. The molecular formula is C17H16BrCl2N3S. The Morgan fingerprint density at radius 2 is 2.12 bits per heavy atom. The van der Waals surface area contributed by atoms with Crippen molar-refractivity contribution in [3.8, 4) is 11.3 Å². The SMILES string of the molecule is CCCC(N=C=S)NCc1ccc(Cl)c(Cl)c1-c1ccc(Br)cn1. The average Bonchev–Trinajstić information content (AvgIpc) is 2.57. The van der Waals surface area contributed by atoms with E-state index >= 15 is 0 Å². The van der Waals surface area contributed by atoms with E-state index < -0.39 is 0 Å². The molecule has 0 saturated heterocycles. The van der Waals surface area contributed by atoms with E-state index in [0.29, 0.717) is 16.6 Å². The fourth-order valence-corrected chi connectivity index (χ4v) is 3.12. The number of halogens is 3. The summed E-state index contributed by atoms with van der Waals surface area (Å²) in [6, 6.07) is 7.57. The van der Waals surface area contributed by atoms with E-state index in [-0.39, 0.29) is 6.17 Å². The smallest absolute Gasteiger partial charge is 0.110 e. The van der Waals surface area contributed by atoms with Gasteiger partial charge in [0.15, 0.2) is 0 Å². The molecule has 0 spiro atoms. The number of hydrogen-bond acceptors (Lipinski definition) is 4. The first kappa shape index (κ1) is 19.5. The largest absolute Gasteiger partial charge is 0.291 e. The maximum absolute atomic E-state index is 6.45. The van der Waals surface area contributed by atoms with Crippen molar-refractivity contribution in [2.24, 2.45) is 4.99 Å². The highest BCUT2D eigenvalue weighted by Crippen LogP contribution is 2.36. The van der Waals surface area contributed by atoms with Crippen molar-refractivity contribution < 1.29 is 0 Å². The number of isothiocyanates is 1. The van der Waals surface area contributed by atoms with Gasteiger partial charge in [-0.2, -0.15) is 0 Å². The summed E-state index contributed by atoms with van der Waals surface area (Å²) in [5.41, 5.74) is 2.60. The quantitative estimate of drug-likeness (QED) is 0.411. The van der Waals surface area contributed by atoms with Gasteiger partial charge in [0, 0.05) is 22.8 Å². The Bertz CT molecular complexity index is 746. The van der Waals surface area contributed by atoms with E-state index in [2.05, 4.69) is 43.3 Å². The molecule has 0 bridgehead atoms. The Morgan fingerprint density at radius 1 is 1.33 bits per heavy atom. The van der Waals surface area contributed by atoms with E-state index in [4.69, 9.17) is 35.4 Å².